The summed E-state index contributed by atoms with van der Waals surface area (Å²) in [6.07, 6.45) is 11.0. The molecule has 4 atom stereocenters. The number of allylic oxidation sites excluding steroid dienone is 3. The van der Waals surface area contributed by atoms with E-state index in [9.17, 15) is 4.79 Å². The molecule has 5 nitrogen and oxygen atoms in total. The summed E-state index contributed by atoms with van der Waals surface area (Å²) in [6.45, 7) is 21.6. The molecule has 0 aliphatic heterocycles. The number of hydrogen-bond acceptors (Lipinski definition) is 5. The zero-order chi connectivity index (χ0) is 33.4. The highest BCUT2D eigenvalue weighted by molar-refractivity contribution is 6.84. The molecule has 0 heterocycles. The van der Waals surface area contributed by atoms with E-state index in [0.29, 0.717) is 24.5 Å². The Hall–Kier alpha value is -3.35. The van der Waals surface area contributed by atoms with Crippen molar-refractivity contribution in [2.75, 3.05) is 14.2 Å². The molecule has 0 amide bonds. The van der Waals surface area contributed by atoms with Crippen LogP contribution in [0.5, 0.6) is 11.5 Å². The standard InChI is InChI=1S/C39H56O5Si/c1-11-13-14-18-21-38(40)44-39(31(5)25-35(12-2)45(9,10)28-33-19-16-15-17-20-33)30(4)24-29(3)32(6)43-27-34-22-23-36(41-7)37(26-34)42-8/h11-12,15-17,19-20,22-26,29,31-32,39H,1-2,13-14,18,21,27-28H2,3-10H3/b30-24+,35-25+/t29-,31-,32+,39-/m0/s1. The maximum Gasteiger partial charge on any atom is 0.306 e. The Kier molecular flexibility index (Phi) is 16.2. The lowest BCUT2D eigenvalue weighted by molar-refractivity contribution is -0.148. The summed E-state index contributed by atoms with van der Waals surface area (Å²) in [7, 11) is 1.40. The molecule has 0 spiro atoms. The molecule has 2 aromatic carbocycles. The van der Waals surface area contributed by atoms with Crippen LogP contribution in [0.1, 0.15) is 64.5 Å². The van der Waals surface area contributed by atoms with Crippen molar-refractivity contribution >= 4 is 14.0 Å². The number of esters is 1. The van der Waals surface area contributed by atoms with Crippen LogP contribution in [0.4, 0.5) is 0 Å². The van der Waals surface area contributed by atoms with Crippen LogP contribution in [0, 0.1) is 11.8 Å². The molecule has 0 aliphatic carbocycles. The first kappa shape index (κ1) is 37.8. The predicted molar refractivity (Wildman–Crippen MR) is 190 cm³/mol. The van der Waals surface area contributed by atoms with Crippen molar-refractivity contribution in [3.8, 4) is 11.5 Å². The number of carbonyl (C=O) groups excluding carboxylic acids is 1. The van der Waals surface area contributed by atoms with E-state index in [1.807, 2.05) is 30.4 Å². The Labute approximate surface area is 274 Å². The zero-order valence-electron chi connectivity index (χ0n) is 28.9. The van der Waals surface area contributed by atoms with Crippen LogP contribution in [0.15, 0.2) is 96.8 Å². The van der Waals surface area contributed by atoms with Gasteiger partial charge in [-0.15, -0.1) is 6.58 Å². The van der Waals surface area contributed by atoms with Crippen LogP contribution >= 0.6 is 0 Å². The minimum atomic E-state index is -1.86. The Bertz CT molecular complexity index is 1280. The number of benzene rings is 2. The summed E-state index contributed by atoms with van der Waals surface area (Å²) in [5, 5.41) is 1.28. The van der Waals surface area contributed by atoms with Gasteiger partial charge in [0.1, 0.15) is 6.10 Å². The van der Waals surface area contributed by atoms with E-state index in [1.54, 1.807) is 14.2 Å². The summed E-state index contributed by atoms with van der Waals surface area (Å²) in [5.74, 6) is 1.28. The molecule has 0 fully saturated rings. The second-order valence-corrected chi connectivity index (χ2v) is 17.4. The minimum Gasteiger partial charge on any atom is -0.493 e. The predicted octanol–water partition coefficient (Wildman–Crippen LogP) is 9.63. The van der Waals surface area contributed by atoms with Gasteiger partial charge in [0.15, 0.2) is 11.5 Å². The van der Waals surface area contributed by atoms with Crippen LogP contribution in [-0.2, 0) is 26.9 Å². The Morgan fingerprint density at radius 1 is 0.889 bits per heavy atom. The third kappa shape index (κ3) is 12.5. The van der Waals surface area contributed by atoms with Gasteiger partial charge < -0.3 is 18.9 Å². The third-order valence-corrected chi connectivity index (χ3v) is 11.6. The maximum absolute atomic E-state index is 13.0. The van der Waals surface area contributed by atoms with Gasteiger partial charge in [0.2, 0.25) is 0 Å². The van der Waals surface area contributed by atoms with Crippen molar-refractivity contribution in [3.05, 3.63) is 108 Å². The minimum absolute atomic E-state index is 0.0240. The van der Waals surface area contributed by atoms with Crippen LogP contribution in [0.3, 0.4) is 0 Å². The van der Waals surface area contributed by atoms with Gasteiger partial charge in [-0.3, -0.25) is 4.79 Å². The Balaban J connectivity index is 2.25. The van der Waals surface area contributed by atoms with Gasteiger partial charge in [-0.2, -0.15) is 0 Å². The summed E-state index contributed by atoms with van der Waals surface area (Å²) in [6, 6.07) is 17.5. The molecule has 45 heavy (non-hydrogen) atoms. The van der Waals surface area contributed by atoms with E-state index in [-0.39, 0.29) is 30.0 Å². The highest BCUT2D eigenvalue weighted by Crippen LogP contribution is 2.30. The van der Waals surface area contributed by atoms with Gasteiger partial charge in [0, 0.05) is 18.3 Å². The van der Waals surface area contributed by atoms with Gasteiger partial charge in [-0.25, -0.2) is 0 Å². The molecule has 0 aromatic heterocycles. The molecule has 2 aromatic rings. The van der Waals surface area contributed by atoms with Crippen molar-refractivity contribution in [1.29, 1.82) is 0 Å². The average molecular weight is 633 g/mol. The first-order chi connectivity index (χ1) is 21.4. The van der Waals surface area contributed by atoms with E-state index < -0.39 is 8.07 Å². The number of carbonyl (C=O) groups is 1. The molecule has 246 valence electrons. The molecule has 0 bridgehead atoms. The third-order valence-electron chi connectivity index (χ3n) is 8.38. The van der Waals surface area contributed by atoms with Gasteiger partial charge in [0.05, 0.1) is 35.0 Å². The summed E-state index contributed by atoms with van der Waals surface area (Å²) >= 11 is 0. The van der Waals surface area contributed by atoms with Gasteiger partial charge >= 0.3 is 5.97 Å². The van der Waals surface area contributed by atoms with Crippen LogP contribution in [0.2, 0.25) is 13.1 Å². The van der Waals surface area contributed by atoms with E-state index in [4.69, 9.17) is 18.9 Å². The normalized spacial score (nSPS) is 15.0. The van der Waals surface area contributed by atoms with E-state index in [2.05, 4.69) is 96.4 Å². The number of methoxy groups -OCH3 is 2. The van der Waals surface area contributed by atoms with Gasteiger partial charge in [0.25, 0.3) is 0 Å². The Morgan fingerprint density at radius 3 is 2.20 bits per heavy atom. The molecular formula is C39H56O5Si. The molecule has 6 heteroatoms. The molecule has 0 saturated heterocycles. The van der Waals surface area contributed by atoms with Crippen LogP contribution < -0.4 is 9.47 Å². The largest absolute Gasteiger partial charge is 0.493 e. The van der Waals surface area contributed by atoms with E-state index in [1.165, 1.54) is 10.8 Å². The summed E-state index contributed by atoms with van der Waals surface area (Å²) < 4.78 is 23.3. The lowest BCUT2D eigenvalue weighted by Gasteiger charge is -2.29. The first-order valence-electron chi connectivity index (χ1n) is 16.2. The topological polar surface area (TPSA) is 54.0 Å². The molecule has 0 saturated carbocycles. The van der Waals surface area contributed by atoms with Crippen molar-refractivity contribution in [2.45, 2.75) is 91.3 Å². The molecule has 0 N–H and O–H groups in total. The SMILES string of the molecule is C=CCCCCC(=O)O[C@@H](/C(C)=C/[C@H](C)[C@@H](C)OCc1ccc(OC)c(OC)c1)[C@@H](C)/C=C(\C=C)[Si](C)(C)Cc1ccccc1. The van der Waals surface area contributed by atoms with Gasteiger partial charge in [-0.1, -0.05) is 105 Å². The maximum atomic E-state index is 13.0. The molecule has 0 unspecified atom stereocenters. The van der Waals surface area contributed by atoms with Crippen molar-refractivity contribution in [1.82, 2.24) is 0 Å². The summed E-state index contributed by atoms with van der Waals surface area (Å²) in [5.41, 5.74) is 3.37. The van der Waals surface area contributed by atoms with Crippen molar-refractivity contribution < 1.29 is 23.7 Å². The lowest BCUT2D eigenvalue weighted by Crippen LogP contribution is -2.34. The molecule has 2 rings (SSSR count). The second-order valence-electron chi connectivity index (χ2n) is 12.7. The van der Waals surface area contributed by atoms with Crippen molar-refractivity contribution in [2.24, 2.45) is 11.8 Å². The van der Waals surface area contributed by atoms with E-state index >= 15 is 0 Å². The monoisotopic (exact) mass is 632 g/mol. The first-order valence-corrected chi connectivity index (χ1v) is 19.4. The van der Waals surface area contributed by atoms with Crippen LogP contribution in [0.25, 0.3) is 0 Å². The number of hydrogen-bond donors (Lipinski definition) is 0. The number of rotatable bonds is 20. The lowest BCUT2D eigenvalue weighted by atomic mass is 9.93. The second kappa shape index (κ2) is 19.2. The van der Waals surface area contributed by atoms with Crippen molar-refractivity contribution in [3.63, 3.8) is 0 Å². The molecular weight excluding hydrogens is 577 g/mol. The number of ether oxygens (including phenoxy) is 4. The highest BCUT2D eigenvalue weighted by Gasteiger charge is 2.29. The fourth-order valence-electron chi connectivity index (χ4n) is 5.52. The molecule has 0 aliphatic rings. The quantitative estimate of drug-likeness (QED) is 0.0478. The smallest absolute Gasteiger partial charge is 0.306 e. The fourth-order valence-corrected chi connectivity index (χ4v) is 8.24. The van der Waals surface area contributed by atoms with Gasteiger partial charge in [-0.05, 0) is 62.4 Å². The van der Waals surface area contributed by atoms with Crippen LogP contribution in [-0.4, -0.2) is 40.5 Å². The average Bonchev–Trinajstić information content (AvgIpc) is 3.02. The summed E-state index contributed by atoms with van der Waals surface area (Å²) in [4.78, 5) is 13.0. The fraction of sp³-hybridized carbons (Fsp3) is 0.462. The van der Waals surface area contributed by atoms with E-state index in [0.717, 1.165) is 36.4 Å². The Morgan fingerprint density at radius 2 is 1.58 bits per heavy atom. The number of unbranched alkanes of at least 4 members (excludes halogenated alkanes) is 2. The highest BCUT2D eigenvalue weighted by atomic mass is 28.3. The zero-order valence-corrected chi connectivity index (χ0v) is 29.9. The molecule has 0 radical (unpaired) electrons.